The van der Waals surface area contributed by atoms with Gasteiger partial charge in [-0.1, -0.05) is 13.8 Å². The average molecular weight is 525 g/mol. The number of carbonyl (C=O) groups excluding carboxylic acids is 2. The third kappa shape index (κ3) is 5.20. The van der Waals surface area contributed by atoms with Crippen molar-refractivity contribution in [3.63, 3.8) is 0 Å². The molecule has 0 aliphatic heterocycles. The highest BCUT2D eigenvalue weighted by Crippen LogP contribution is 2.65. The molecule has 0 amide bonds. The van der Waals surface area contributed by atoms with Crippen molar-refractivity contribution in [1.82, 2.24) is 0 Å². The minimum Gasteiger partial charge on any atom is -0.466 e. The van der Waals surface area contributed by atoms with Crippen LogP contribution in [0, 0.1) is 34.5 Å². The summed E-state index contributed by atoms with van der Waals surface area (Å²) in [5, 5.41) is 0. The van der Waals surface area contributed by atoms with Gasteiger partial charge in [-0.25, -0.2) is 0 Å². The molecule has 3 aliphatic carbocycles. The number of allylic oxidation sites excluding steroid dienone is 2. The lowest BCUT2D eigenvalue weighted by Crippen LogP contribution is -2.53. The number of hydrogen-bond acceptors (Lipinski definition) is 7. The van der Waals surface area contributed by atoms with E-state index >= 15 is 0 Å². The Labute approximate surface area is 204 Å². The molecule has 11 heteroatoms. The molecule has 200 valence electrons. The van der Waals surface area contributed by atoms with E-state index in [1.165, 1.54) is 6.08 Å². The number of ether oxygens (including phenoxy) is 2. The molecule has 3 aliphatic rings. The first-order valence-corrected chi connectivity index (χ1v) is 13.6. The molecule has 3 rings (SSSR count). The Bertz CT molecular complexity index is 961. The fourth-order valence-electron chi connectivity index (χ4n) is 6.91. The van der Waals surface area contributed by atoms with Crippen LogP contribution in [0.15, 0.2) is 11.8 Å². The molecule has 2 fully saturated rings. The zero-order valence-electron chi connectivity index (χ0n) is 20.7. The van der Waals surface area contributed by atoms with Gasteiger partial charge in [0.1, 0.15) is 5.76 Å². The number of fused-ring (bicyclic) bond motifs is 3. The van der Waals surface area contributed by atoms with Crippen LogP contribution in [0.4, 0.5) is 13.2 Å². The summed E-state index contributed by atoms with van der Waals surface area (Å²) in [4.78, 5) is 24.9. The van der Waals surface area contributed by atoms with Crippen LogP contribution in [0.1, 0.15) is 72.6 Å². The van der Waals surface area contributed by atoms with Crippen molar-refractivity contribution in [2.45, 2.75) is 78.1 Å². The molecule has 0 spiro atoms. The van der Waals surface area contributed by atoms with Gasteiger partial charge in [-0.3, -0.25) is 9.59 Å². The van der Waals surface area contributed by atoms with Gasteiger partial charge in [-0.05, 0) is 81.1 Å². The summed E-state index contributed by atoms with van der Waals surface area (Å²) >= 11 is 0. The second-order valence-corrected chi connectivity index (χ2v) is 11.9. The molecule has 0 heterocycles. The Hall–Kier alpha value is -1.78. The number of alkyl halides is 3. The van der Waals surface area contributed by atoms with Gasteiger partial charge < -0.3 is 13.7 Å². The molecular formula is C24H35F3O7S. The predicted octanol–water partition coefficient (Wildman–Crippen LogP) is 5.11. The molecule has 0 saturated heterocycles. The Kier molecular flexibility index (Phi) is 7.89. The number of halogens is 3. The first kappa shape index (κ1) is 27.8. The van der Waals surface area contributed by atoms with Gasteiger partial charge in [0.05, 0.1) is 19.6 Å². The summed E-state index contributed by atoms with van der Waals surface area (Å²) in [6.45, 7) is 7.74. The van der Waals surface area contributed by atoms with Crippen LogP contribution in [0.2, 0.25) is 0 Å². The molecule has 6 unspecified atom stereocenters. The van der Waals surface area contributed by atoms with E-state index < -0.39 is 26.5 Å². The summed E-state index contributed by atoms with van der Waals surface area (Å²) < 4.78 is 77.4. The summed E-state index contributed by atoms with van der Waals surface area (Å²) in [7, 11) is -5.75. The van der Waals surface area contributed by atoms with Crippen molar-refractivity contribution in [2.75, 3.05) is 13.2 Å². The lowest BCUT2D eigenvalue weighted by atomic mass is 9.46. The summed E-state index contributed by atoms with van der Waals surface area (Å²) in [5.41, 5.74) is -6.91. The van der Waals surface area contributed by atoms with Crippen LogP contribution >= 0.6 is 0 Å². The van der Waals surface area contributed by atoms with Crippen molar-refractivity contribution >= 4 is 22.1 Å². The van der Waals surface area contributed by atoms with Gasteiger partial charge in [-0.2, -0.15) is 21.6 Å². The number of carbonyl (C=O) groups is 2. The van der Waals surface area contributed by atoms with Crippen LogP contribution in [-0.2, 0) is 33.4 Å². The SMILES string of the molecule is CCOC(=O)CC1CCC2C3CC=C(OS(=O)(=O)C(F)(F)F)C3(C)CCC2C1(C)CC(=O)OCC. The Morgan fingerprint density at radius 2 is 1.66 bits per heavy atom. The number of hydrogen-bond donors (Lipinski definition) is 0. The molecule has 0 N–H and O–H groups in total. The minimum absolute atomic E-state index is 0.0186. The first-order chi connectivity index (χ1) is 16.2. The lowest BCUT2D eigenvalue weighted by Gasteiger charge is -2.58. The molecule has 0 radical (unpaired) electrons. The highest BCUT2D eigenvalue weighted by atomic mass is 32.2. The maximum Gasteiger partial charge on any atom is 0.534 e. The van der Waals surface area contributed by atoms with Crippen LogP contribution in [0.25, 0.3) is 0 Å². The third-order valence-corrected chi connectivity index (χ3v) is 9.57. The monoisotopic (exact) mass is 524 g/mol. The topological polar surface area (TPSA) is 96.0 Å². The highest BCUT2D eigenvalue weighted by molar-refractivity contribution is 7.87. The van der Waals surface area contributed by atoms with Crippen molar-refractivity contribution < 1.29 is 44.8 Å². The maximum absolute atomic E-state index is 13.0. The van der Waals surface area contributed by atoms with Crippen molar-refractivity contribution in [3.05, 3.63) is 11.8 Å². The Morgan fingerprint density at radius 1 is 1.03 bits per heavy atom. The molecule has 0 aromatic carbocycles. The minimum atomic E-state index is -5.75. The molecule has 0 aromatic heterocycles. The van der Waals surface area contributed by atoms with Gasteiger partial charge in [0.2, 0.25) is 0 Å². The largest absolute Gasteiger partial charge is 0.534 e. The van der Waals surface area contributed by atoms with E-state index in [1.54, 1.807) is 20.8 Å². The zero-order chi connectivity index (χ0) is 26.2. The normalized spacial score (nSPS) is 34.9. The quantitative estimate of drug-likeness (QED) is 0.247. The van der Waals surface area contributed by atoms with E-state index in [1.807, 2.05) is 6.92 Å². The average Bonchev–Trinajstić information content (AvgIpc) is 3.05. The Balaban J connectivity index is 1.87. The van der Waals surface area contributed by atoms with E-state index in [2.05, 4.69) is 4.18 Å². The van der Waals surface area contributed by atoms with Crippen molar-refractivity contribution in [2.24, 2.45) is 34.5 Å². The second kappa shape index (κ2) is 9.94. The van der Waals surface area contributed by atoms with Crippen molar-refractivity contribution in [1.29, 1.82) is 0 Å². The molecular weight excluding hydrogens is 489 g/mol. The van der Waals surface area contributed by atoms with Crippen molar-refractivity contribution in [3.8, 4) is 0 Å². The van der Waals surface area contributed by atoms with Gasteiger partial charge in [0.15, 0.2) is 0 Å². The molecule has 7 nitrogen and oxygen atoms in total. The third-order valence-electron chi connectivity index (χ3n) is 8.61. The fraction of sp³-hybridized carbons (Fsp3) is 0.833. The van der Waals surface area contributed by atoms with Gasteiger partial charge in [-0.15, -0.1) is 0 Å². The van der Waals surface area contributed by atoms with Gasteiger partial charge in [0, 0.05) is 11.8 Å². The van der Waals surface area contributed by atoms with E-state index in [0.29, 0.717) is 25.7 Å². The van der Waals surface area contributed by atoms with Gasteiger partial charge >= 0.3 is 27.6 Å². The molecule has 0 bridgehead atoms. The maximum atomic E-state index is 13.0. The standard InChI is InChI=1S/C24H35F3O7S/c1-5-32-20(28)13-15-7-8-16-17-9-10-19(34-35(30,31)24(25,26)27)22(17,3)12-11-18(16)23(15,4)14-21(29)33-6-2/h10,15-18H,5-9,11-14H2,1-4H3. The van der Waals surface area contributed by atoms with Crippen LogP contribution in [0.3, 0.4) is 0 Å². The summed E-state index contributed by atoms with van der Waals surface area (Å²) in [6, 6.07) is 0. The summed E-state index contributed by atoms with van der Waals surface area (Å²) in [5.74, 6) is -0.969. The second-order valence-electron chi connectivity index (χ2n) is 10.4. The molecule has 6 atom stereocenters. The predicted molar refractivity (Wildman–Crippen MR) is 120 cm³/mol. The van der Waals surface area contributed by atoms with E-state index in [9.17, 15) is 31.2 Å². The first-order valence-electron chi connectivity index (χ1n) is 12.2. The molecule has 0 aromatic rings. The number of rotatable bonds is 8. The fourth-order valence-corrected chi connectivity index (χ4v) is 7.50. The lowest BCUT2D eigenvalue weighted by molar-refractivity contribution is -0.160. The zero-order valence-corrected chi connectivity index (χ0v) is 21.5. The number of esters is 2. The van der Waals surface area contributed by atoms with Crippen LogP contribution in [-0.4, -0.2) is 39.1 Å². The van der Waals surface area contributed by atoms with E-state index in [4.69, 9.17) is 9.47 Å². The van der Waals surface area contributed by atoms with E-state index in [-0.39, 0.29) is 67.4 Å². The Morgan fingerprint density at radius 3 is 2.26 bits per heavy atom. The molecule has 2 saturated carbocycles. The summed E-state index contributed by atoms with van der Waals surface area (Å²) in [6.07, 6.45) is 4.56. The highest BCUT2D eigenvalue weighted by Gasteiger charge is 2.60. The van der Waals surface area contributed by atoms with Crippen LogP contribution in [0.5, 0.6) is 0 Å². The molecule has 35 heavy (non-hydrogen) atoms. The smallest absolute Gasteiger partial charge is 0.466 e. The van der Waals surface area contributed by atoms with Crippen LogP contribution < -0.4 is 0 Å². The van der Waals surface area contributed by atoms with Gasteiger partial charge in [0.25, 0.3) is 0 Å². The van der Waals surface area contributed by atoms with E-state index in [0.717, 1.165) is 6.42 Å².